The number of hydrogen-bond donors (Lipinski definition) is 2. The highest BCUT2D eigenvalue weighted by Crippen LogP contribution is 2.27. The number of hydrogen-bond acceptors (Lipinski definition) is 6. The van der Waals surface area contributed by atoms with Crippen LogP contribution in [0.15, 0.2) is 42.5 Å². The summed E-state index contributed by atoms with van der Waals surface area (Å²) in [6.07, 6.45) is 0.151. The third kappa shape index (κ3) is 4.49. The van der Waals surface area contributed by atoms with Gasteiger partial charge >= 0.3 is 5.97 Å². The number of rotatable bonds is 8. The molecule has 1 aliphatic rings. The van der Waals surface area contributed by atoms with E-state index in [0.29, 0.717) is 11.3 Å². The molecule has 0 unspecified atom stereocenters. The predicted molar refractivity (Wildman–Crippen MR) is 104 cm³/mol. The van der Waals surface area contributed by atoms with Gasteiger partial charge in [-0.15, -0.1) is 0 Å². The van der Waals surface area contributed by atoms with E-state index in [9.17, 15) is 29.3 Å². The summed E-state index contributed by atoms with van der Waals surface area (Å²) < 4.78 is 0. The first-order valence-electron chi connectivity index (χ1n) is 9.01. The Bertz CT molecular complexity index is 1050. The van der Waals surface area contributed by atoms with Crippen molar-refractivity contribution in [3.8, 4) is 0 Å². The molecular formula is C20H17N3O7. The van der Waals surface area contributed by atoms with Gasteiger partial charge in [-0.2, -0.15) is 0 Å². The largest absolute Gasteiger partial charge is 0.481 e. The number of nitrogens with one attached hydrogen (secondary N) is 1. The van der Waals surface area contributed by atoms with Crippen LogP contribution >= 0.6 is 0 Å². The highest BCUT2D eigenvalue weighted by molar-refractivity contribution is 6.21. The monoisotopic (exact) mass is 411 g/mol. The molecule has 2 N–H and O–H groups in total. The fourth-order valence-electron chi connectivity index (χ4n) is 3.10. The van der Waals surface area contributed by atoms with Gasteiger partial charge in [0.2, 0.25) is 5.91 Å². The minimum Gasteiger partial charge on any atom is -0.481 e. The third-order valence-electron chi connectivity index (χ3n) is 4.54. The molecule has 0 saturated heterocycles. The number of imide groups is 1. The summed E-state index contributed by atoms with van der Waals surface area (Å²) in [5.41, 5.74) is 0.927. The molecule has 2 aromatic rings. The van der Waals surface area contributed by atoms with Gasteiger partial charge in [0.15, 0.2) is 0 Å². The summed E-state index contributed by atoms with van der Waals surface area (Å²) in [5, 5.41) is 22.3. The molecule has 2 aromatic carbocycles. The lowest BCUT2D eigenvalue weighted by Crippen LogP contribution is -2.31. The Hall–Kier alpha value is -4.08. The molecule has 30 heavy (non-hydrogen) atoms. The highest BCUT2D eigenvalue weighted by Gasteiger charge is 2.36. The van der Waals surface area contributed by atoms with Crippen molar-refractivity contribution in [2.45, 2.75) is 19.3 Å². The van der Waals surface area contributed by atoms with Crippen LogP contribution in [0.4, 0.5) is 11.4 Å². The lowest BCUT2D eigenvalue weighted by molar-refractivity contribution is -0.384. The van der Waals surface area contributed by atoms with E-state index in [1.807, 2.05) is 0 Å². The summed E-state index contributed by atoms with van der Waals surface area (Å²) >= 11 is 0. The Balaban J connectivity index is 1.53. The molecule has 1 aliphatic heterocycles. The van der Waals surface area contributed by atoms with Crippen molar-refractivity contribution in [1.29, 1.82) is 0 Å². The molecule has 10 nitrogen and oxygen atoms in total. The average molecular weight is 411 g/mol. The maximum atomic E-state index is 12.4. The van der Waals surface area contributed by atoms with Gasteiger partial charge in [0, 0.05) is 30.8 Å². The Morgan fingerprint density at radius 1 is 1.03 bits per heavy atom. The number of non-ortho nitro benzene ring substituents is 1. The number of fused-ring (bicyclic) bond motifs is 1. The number of benzene rings is 2. The second kappa shape index (κ2) is 8.52. The fourth-order valence-corrected chi connectivity index (χ4v) is 3.10. The van der Waals surface area contributed by atoms with Crippen molar-refractivity contribution >= 4 is 35.1 Å². The van der Waals surface area contributed by atoms with Crippen LogP contribution in [0.5, 0.6) is 0 Å². The van der Waals surface area contributed by atoms with Gasteiger partial charge in [-0.1, -0.05) is 12.1 Å². The second-order valence-electron chi connectivity index (χ2n) is 6.67. The van der Waals surface area contributed by atoms with Gasteiger partial charge in [-0.3, -0.25) is 34.2 Å². The maximum absolute atomic E-state index is 12.4. The predicted octanol–water partition coefficient (Wildman–Crippen LogP) is 2.24. The van der Waals surface area contributed by atoms with Crippen LogP contribution in [-0.2, 0) is 16.0 Å². The number of carbonyl (C=O) groups is 4. The first-order valence-corrected chi connectivity index (χ1v) is 9.01. The first kappa shape index (κ1) is 20.6. The number of carboxylic acid groups (broad SMARTS) is 1. The number of carbonyl (C=O) groups excluding carboxylic acids is 3. The van der Waals surface area contributed by atoms with E-state index >= 15 is 0 Å². The second-order valence-corrected chi connectivity index (χ2v) is 6.67. The van der Waals surface area contributed by atoms with Crippen molar-refractivity contribution in [1.82, 2.24) is 4.90 Å². The van der Waals surface area contributed by atoms with E-state index in [1.165, 1.54) is 12.1 Å². The number of nitro groups is 1. The molecule has 1 heterocycles. The molecule has 154 valence electrons. The Labute approximate surface area is 170 Å². The maximum Gasteiger partial charge on any atom is 0.307 e. The number of aliphatic carboxylic acids is 1. The standard InChI is InChI=1S/C20H17N3O7/c24-17(21-13-5-3-12(4-6-13)10-18(25)26)2-1-9-22-19(27)15-8-7-14(23(29)30)11-16(15)20(22)28/h3-8,11H,1-2,9-10H2,(H,21,24)(H,25,26). The molecule has 0 atom stereocenters. The lowest BCUT2D eigenvalue weighted by atomic mass is 10.1. The zero-order valence-electron chi connectivity index (χ0n) is 15.7. The number of amides is 3. The van der Waals surface area contributed by atoms with Crippen molar-refractivity contribution in [3.05, 3.63) is 69.3 Å². The van der Waals surface area contributed by atoms with Crippen molar-refractivity contribution < 1.29 is 29.2 Å². The molecule has 3 amide bonds. The minimum atomic E-state index is -0.949. The van der Waals surface area contributed by atoms with E-state index in [2.05, 4.69) is 5.32 Å². The Morgan fingerprint density at radius 2 is 1.70 bits per heavy atom. The lowest BCUT2D eigenvalue weighted by Gasteiger charge is -2.13. The van der Waals surface area contributed by atoms with E-state index in [4.69, 9.17) is 5.11 Å². The van der Waals surface area contributed by atoms with Crippen LogP contribution in [0.3, 0.4) is 0 Å². The van der Waals surface area contributed by atoms with Crippen LogP contribution in [0.2, 0.25) is 0 Å². The quantitative estimate of drug-likeness (QED) is 0.384. The van der Waals surface area contributed by atoms with Gasteiger partial charge in [-0.05, 0) is 30.2 Å². The molecule has 0 aromatic heterocycles. The third-order valence-corrected chi connectivity index (χ3v) is 4.54. The van der Waals surface area contributed by atoms with E-state index in [0.717, 1.165) is 11.0 Å². The number of carboxylic acids is 1. The van der Waals surface area contributed by atoms with Crippen molar-refractivity contribution in [2.24, 2.45) is 0 Å². The highest BCUT2D eigenvalue weighted by atomic mass is 16.6. The van der Waals surface area contributed by atoms with Gasteiger partial charge in [0.1, 0.15) is 0 Å². The van der Waals surface area contributed by atoms with E-state index in [-0.39, 0.29) is 48.5 Å². The van der Waals surface area contributed by atoms with Crippen LogP contribution < -0.4 is 5.32 Å². The van der Waals surface area contributed by atoms with Crippen LogP contribution in [0.1, 0.15) is 39.1 Å². The molecule has 0 spiro atoms. The van der Waals surface area contributed by atoms with Crippen molar-refractivity contribution in [2.75, 3.05) is 11.9 Å². The Morgan fingerprint density at radius 3 is 2.33 bits per heavy atom. The van der Waals surface area contributed by atoms with Crippen LogP contribution in [0.25, 0.3) is 0 Å². The summed E-state index contributed by atoms with van der Waals surface area (Å²) in [6, 6.07) is 9.89. The Kier molecular flexibility index (Phi) is 5.86. The normalized spacial score (nSPS) is 12.6. The molecule has 0 bridgehead atoms. The summed E-state index contributed by atoms with van der Waals surface area (Å²) in [6.45, 7) is 0.00507. The first-order chi connectivity index (χ1) is 14.3. The smallest absolute Gasteiger partial charge is 0.307 e. The van der Waals surface area contributed by atoms with Gasteiger partial charge in [-0.25, -0.2) is 0 Å². The zero-order chi connectivity index (χ0) is 21.8. The summed E-state index contributed by atoms with van der Waals surface area (Å²) in [5.74, 6) is -2.43. The summed E-state index contributed by atoms with van der Waals surface area (Å²) in [4.78, 5) is 58.7. The average Bonchev–Trinajstić information content (AvgIpc) is 2.93. The SMILES string of the molecule is O=C(O)Cc1ccc(NC(=O)CCCN2C(=O)c3ccc([N+](=O)[O-])cc3C2=O)cc1. The van der Waals surface area contributed by atoms with Crippen LogP contribution in [0, 0.1) is 10.1 Å². The van der Waals surface area contributed by atoms with Crippen molar-refractivity contribution in [3.63, 3.8) is 0 Å². The number of nitro benzene ring substituents is 1. The summed E-state index contributed by atoms with van der Waals surface area (Å²) in [7, 11) is 0. The molecule has 0 saturated carbocycles. The molecular weight excluding hydrogens is 394 g/mol. The molecule has 3 rings (SSSR count). The molecule has 0 aliphatic carbocycles. The zero-order valence-corrected chi connectivity index (χ0v) is 15.7. The van der Waals surface area contributed by atoms with Gasteiger partial charge < -0.3 is 10.4 Å². The number of anilines is 1. The topological polar surface area (TPSA) is 147 Å². The molecule has 10 heteroatoms. The minimum absolute atomic E-state index is 0.00507. The van der Waals surface area contributed by atoms with E-state index in [1.54, 1.807) is 24.3 Å². The van der Waals surface area contributed by atoms with Gasteiger partial charge in [0.25, 0.3) is 17.5 Å². The molecule has 0 radical (unpaired) electrons. The van der Waals surface area contributed by atoms with Crippen LogP contribution in [-0.4, -0.2) is 45.2 Å². The van der Waals surface area contributed by atoms with Gasteiger partial charge in [0.05, 0.1) is 22.5 Å². The fraction of sp³-hybridized carbons (Fsp3) is 0.200. The molecule has 0 fully saturated rings. The number of nitrogens with zero attached hydrogens (tertiary/aromatic N) is 2. The van der Waals surface area contributed by atoms with E-state index < -0.39 is 22.7 Å².